The Hall–Kier alpha value is -2.16. The van der Waals surface area contributed by atoms with Crippen LogP contribution in [0.3, 0.4) is 0 Å². The molecule has 0 spiro atoms. The molecular weight excluding hydrogens is 262 g/mol. The van der Waals surface area contributed by atoms with Gasteiger partial charge in [0.05, 0.1) is 13.2 Å². The van der Waals surface area contributed by atoms with E-state index in [9.17, 15) is 0 Å². The van der Waals surface area contributed by atoms with E-state index in [1.54, 1.807) is 7.11 Å². The van der Waals surface area contributed by atoms with Crippen molar-refractivity contribution in [2.75, 3.05) is 12.4 Å². The second-order valence-electron chi connectivity index (χ2n) is 6.03. The quantitative estimate of drug-likeness (QED) is 0.905. The number of benzene rings is 2. The fraction of sp³-hybridized carbons (Fsp3) is 0.333. The van der Waals surface area contributed by atoms with Crippen LogP contribution in [0, 0.1) is 0 Å². The van der Waals surface area contributed by atoms with Gasteiger partial charge in [0, 0.05) is 23.7 Å². The van der Waals surface area contributed by atoms with Gasteiger partial charge in [0.15, 0.2) is 0 Å². The van der Waals surface area contributed by atoms with E-state index in [0.717, 1.165) is 23.6 Å². The highest BCUT2D eigenvalue weighted by Gasteiger charge is 2.33. The Balaban J connectivity index is 1.90. The molecule has 0 bridgehead atoms. The van der Waals surface area contributed by atoms with Gasteiger partial charge in [-0.15, -0.1) is 0 Å². The topological polar surface area (TPSA) is 30.5 Å². The maximum absolute atomic E-state index is 6.07. The molecule has 0 amide bonds. The Morgan fingerprint density at radius 2 is 1.95 bits per heavy atom. The summed E-state index contributed by atoms with van der Waals surface area (Å²) in [6.45, 7) is 4.26. The summed E-state index contributed by atoms with van der Waals surface area (Å²) in [4.78, 5) is 0. The zero-order chi connectivity index (χ0) is 14.9. The summed E-state index contributed by atoms with van der Waals surface area (Å²) >= 11 is 0. The van der Waals surface area contributed by atoms with Crippen molar-refractivity contribution in [3.05, 3.63) is 54.1 Å². The van der Waals surface area contributed by atoms with Crippen LogP contribution in [0.4, 0.5) is 5.69 Å². The molecule has 110 valence electrons. The smallest absolute Gasteiger partial charge is 0.125 e. The van der Waals surface area contributed by atoms with E-state index in [1.807, 2.05) is 30.3 Å². The van der Waals surface area contributed by atoms with Crippen LogP contribution in [0.15, 0.2) is 48.5 Å². The molecule has 21 heavy (non-hydrogen) atoms. The van der Waals surface area contributed by atoms with Gasteiger partial charge >= 0.3 is 0 Å². The van der Waals surface area contributed by atoms with Gasteiger partial charge in [-0.25, -0.2) is 0 Å². The van der Waals surface area contributed by atoms with Crippen LogP contribution in [-0.4, -0.2) is 12.7 Å². The fourth-order valence-corrected chi connectivity index (χ4v) is 2.85. The van der Waals surface area contributed by atoms with Crippen molar-refractivity contribution < 1.29 is 9.47 Å². The van der Waals surface area contributed by atoms with Crippen molar-refractivity contribution in [2.45, 2.75) is 31.9 Å². The average Bonchev–Trinajstić information content (AvgIpc) is 2.46. The summed E-state index contributed by atoms with van der Waals surface area (Å²) in [5, 5.41) is 3.61. The Labute approximate surface area is 125 Å². The molecule has 3 rings (SSSR count). The van der Waals surface area contributed by atoms with Gasteiger partial charge in [-0.05, 0) is 32.0 Å². The number of anilines is 1. The minimum Gasteiger partial charge on any atom is -0.497 e. The Morgan fingerprint density at radius 1 is 1.14 bits per heavy atom. The standard InChI is InChI=1S/C18H21NO2/c1-18(2)12-16(15-9-4-5-10-17(15)21-18)19-13-7-6-8-14(11-13)20-3/h4-11,16,19H,12H2,1-3H3. The van der Waals surface area contributed by atoms with E-state index in [1.165, 1.54) is 5.56 Å². The fourth-order valence-electron chi connectivity index (χ4n) is 2.85. The molecule has 2 aromatic rings. The van der Waals surface area contributed by atoms with Crippen LogP contribution in [0.25, 0.3) is 0 Å². The van der Waals surface area contributed by atoms with Crippen LogP contribution < -0.4 is 14.8 Å². The summed E-state index contributed by atoms with van der Waals surface area (Å²) in [5.74, 6) is 1.83. The van der Waals surface area contributed by atoms with E-state index >= 15 is 0 Å². The predicted octanol–water partition coefficient (Wildman–Crippen LogP) is 4.41. The largest absolute Gasteiger partial charge is 0.497 e. The van der Waals surface area contributed by atoms with E-state index in [2.05, 4.69) is 37.4 Å². The van der Waals surface area contributed by atoms with Gasteiger partial charge in [-0.2, -0.15) is 0 Å². The van der Waals surface area contributed by atoms with Gasteiger partial charge in [-0.3, -0.25) is 0 Å². The summed E-state index contributed by atoms with van der Waals surface area (Å²) in [5.41, 5.74) is 2.09. The summed E-state index contributed by atoms with van der Waals surface area (Å²) in [7, 11) is 1.69. The lowest BCUT2D eigenvalue weighted by molar-refractivity contribution is 0.0759. The number of rotatable bonds is 3. The highest BCUT2D eigenvalue weighted by Crippen LogP contribution is 2.41. The normalized spacial score (nSPS) is 19.3. The van der Waals surface area contributed by atoms with Crippen LogP contribution in [-0.2, 0) is 0 Å². The molecule has 1 aliphatic rings. The zero-order valence-corrected chi connectivity index (χ0v) is 12.7. The van der Waals surface area contributed by atoms with Gasteiger partial charge in [0.25, 0.3) is 0 Å². The molecule has 1 unspecified atom stereocenters. The molecule has 2 aromatic carbocycles. The molecular formula is C18H21NO2. The maximum Gasteiger partial charge on any atom is 0.125 e. The second kappa shape index (κ2) is 5.32. The van der Waals surface area contributed by atoms with E-state index in [-0.39, 0.29) is 11.6 Å². The first-order chi connectivity index (χ1) is 10.1. The Morgan fingerprint density at radius 3 is 2.76 bits per heavy atom. The SMILES string of the molecule is COc1cccc(NC2CC(C)(C)Oc3ccccc32)c1. The molecule has 0 fully saturated rings. The summed E-state index contributed by atoms with van der Waals surface area (Å²) < 4.78 is 11.4. The number of nitrogens with one attached hydrogen (secondary N) is 1. The Bertz CT molecular complexity index is 637. The molecule has 0 saturated heterocycles. The van der Waals surface area contributed by atoms with Crippen LogP contribution in [0.1, 0.15) is 31.9 Å². The van der Waals surface area contributed by atoms with Gasteiger partial charge < -0.3 is 14.8 Å². The first-order valence-electron chi connectivity index (χ1n) is 7.26. The number of para-hydroxylation sites is 1. The Kier molecular flexibility index (Phi) is 3.50. The number of hydrogen-bond donors (Lipinski definition) is 1. The van der Waals surface area contributed by atoms with Crippen LogP contribution in [0.5, 0.6) is 11.5 Å². The molecule has 0 aliphatic carbocycles. The van der Waals surface area contributed by atoms with Crippen molar-refractivity contribution in [2.24, 2.45) is 0 Å². The molecule has 1 atom stereocenters. The van der Waals surface area contributed by atoms with E-state index in [4.69, 9.17) is 9.47 Å². The first kappa shape index (κ1) is 13.8. The zero-order valence-electron chi connectivity index (χ0n) is 12.7. The third-order valence-corrected chi connectivity index (χ3v) is 3.79. The van der Waals surface area contributed by atoms with Crippen molar-refractivity contribution >= 4 is 5.69 Å². The molecule has 0 radical (unpaired) electrons. The molecule has 1 aliphatic heterocycles. The average molecular weight is 283 g/mol. The monoisotopic (exact) mass is 283 g/mol. The van der Waals surface area contributed by atoms with E-state index < -0.39 is 0 Å². The predicted molar refractivity (Wildman–Crippen MR) is 85.1 cm³/mol. The lowest BCUT2D eigenvalue weighted by atomic mass is 9.89. The minimum absolute atomic E-state index is 0.176. The second-order valence-corrected chi connectivity index (χ2v) is 6.03. The summed E-state index contributed by atoms with van der Waals surface area (Å²) in [6.07, 6.45) is 0.918. The lowest BCUT2D eigenvalue weighted by Gasteiger charge is -2.38. The van der Waals surface area contributed by atoms with Crippen molar-refractivity contribution in [3.8, 4) is 11.5 Å². The highest BCUT2D eigenvalue weighted by atomic mass is 16.5. The molecule has 3 heteroatoms. The number of ether oxygens (including phenoxy) is 2. The van der Waals surface area contributed by atoms with Gasteiger partial charge in [0.2, 0.25) is 0 Å². The molecule has 1 heterocycles. The number of fused-ring (bicyclic) bond motifs is 1. The van der Waals surface area contributed by atoms with Crippen LogP contribution in [0.2, 0.25) is 0 Å². The maximum atomic E-state index is 6.07. The van der Waals surface area contributed by atoms with Crippen molar-refractivity contribution in [1.29, 1.82) is 0 Å². The van der Waals surface area contributed by atoms with Crippen molar-refractivity contribution in [3.63, 3.8) is 0 Å². The van der Waals surface area contributed by atoms with Gasteiger partial charge in [0.1, 0.15) is 17.1 Å². The third kappa shape index (κ3) is 2.97. The first-order valence-corrected chi connectivity index (χ1v) is 7.26. The molecule has 0 aromatic heterocycles. The molecule has 3 nitrogen and oxygen atoms in total. The third-order valence-electron chi connectivity index (χ3n) is 3.79. The summed E-state index contributed by atoms with van der Waals surface area (Å²) in [6, 6.07) is 16.5. The highest BCUT2D eigenvalue weighted by molar-refractivity contribution is 5.52. The minimum atomic E-state index is -0.176. The number of methoxy groups -OCH3 is 1. The van der Waals surface area contributed by atoms with Crippen molar-refractivity contribution in [1.82, 2.24) is 0 Å². The molecule has 1 N–H and O–H groups in total. The molecule has 0 saturated carbocycles. The van der Waals surface area contributed by atoms with Crippen LogP contribution >= 0.6 is 0 Å². The number of hydrogen-bond acceptors (Lipinski definition) is 3. The van der Waals surface area contributed by atoms with E-state index in [0.29, 0.717) is 0 Å². The lowest BCUT2D eigenvalue weighted by Crippen LogP contribution is -2.37. The van der Waals surface area contributed by atoms with Gasteiger partial charge in [-0.1, -0.05) is 24.3 Å².